The summed E-state index contributed by atoms with van der Waals surface area (Å²) >= 11 is 0. The third kappa shape index (κ3) is 3.92. The summed E-state index contributed by atoms with van der Waals surface area (Å²) in [7, 11) is 0. The Labute approximate surface area is 113 Å². The molecule has 1 saturated heterocycles. The Morgan fingerprint density at radius 2 is 2.21 bits per heavy atom. The van der Waals surface area contributed by atoms with Gasteiger partial charge in [-0.25, -0.2) is 9.78 Å². The molecule has 1 aromatic rings. The Bertz CT molecular complexity index is 411. The molecule has 0 aromatic carbocycles. The third-order valence-electron chi connectivity index (χ3n) is 3.74. The van der Waals surface area contributed by atoms with Crippen LogP contribution in [-0.4, -0.2) is 47.1 Å². The van der Waals surface area contributed by atoms with E-state index in [-0.39, 0.29) is 5.56 Å². The molecule has 0 radical (unpaired) electrons. The van der Waals surface area contributed by atoms with Crippen LogP contribution in [0, 0.1) is 5.92 Å². The summed E-state index contributed by atoms with van der Waals surface area (Å²) in [4.78, 5) is 17.3. The molecule has 0 aliphatic carbocycles. The minimum atomic E-state index is -0.939. The van der Waals surface area contributed by atoms with E-state index in [4.69, 9.17) is 5.11 Å². The van der Waals surface area contributed by atoms with Crippen LogP contribution in [0.4, 0.5) is 5.82 Å². The zero-order chi connectivity index (χ0) is 13.7. The van der Waals surface area contributed by atoms with Gasteiger partial charge in [-0.05, 0) is 50.5 Å². The molecule has 2 N–H and O–H groups in total. The molecule has 0 amide bonds. The quantitative estimate of drug-likeness (QED) is 0.849. The van der Waals surface area contributed by atoms with Gasteiger partial charge in [-0.15, -0.1) is 0 Å². The van der Waals surface area contributed by atoms with Crippen molar-refractivity contribution >= 4 is 11.8 Å². The highest BCUT2D eigenvalue weighted by Gasteiger charge is 2.17. The molecule has 0 spiro atoms. The summed E-state index contributed by atoms with van der Waals surface area (Å²) in [6, 6.07) is 3.31. The summed E-state index contributed by atoms with van der Waals surface area (Å²) in [5.41, 5.74) is 0.224. The van der Waals surface area contributed by atoms with Crippen LogP contribution < -0.4 is 5.32 Å². The van der Waals surface area contributed by atoms with E-state index in [0.717, 1.165) is 18.9 Å². The van der Waals surface area contributed by atoms with Crippen LogP contribution >= 0.6 is 0 Å². The van der Waals surface area contributed by atoms with Crippen molar-refractivity contribution in [3.05, 3.63) is 23.9 Å². The van der Waals surface area contributed by atoms with Crippen molar-refractivity contribution in [2.24, 2.45) is 5.92 Å². The lowest BCUT2D eigenvalue weighted by Gasteiger charge is -2.31. The molecular formula is C14H21N3O2. The molecule has 1 fully saturated rings. The van der Waals surface area contributed by atoms with Gasteiger partial charge in [-0.3, -0.25) is 0 Å². The molecule has 5 heteroatoms. The number of carboxylic acids is 1. The second-order valence-electron chi connectivity index (χ2n) is 5.00. The van der Waals surface area contributed by atoms with Gasteiger partial charge in [-0.1, -0.05) is 6.92 Å². The van der Waals surface area contributed by atoms with E-state index < -0.39 is 5.97 Å². The second kappa shape index (κ2) is 6.52. The molecule has 1 aromatic heterocycles. The summed E-state index contributed by atoms with van der Waals surface area (Å²) in [6.45, 7) is 6.60. The highest BCUT2D eigenvalue weighted by atomic mass is 16.4. The molecule has 104 valence electrons. The van der Waals surface area contributed by atoms with Gasteiger partial charge in [0.1, 0.15) is 5.82 Å². The van der Waals surface area contributed by atoms with Gasteiger partial charge in [0.2, 0.25) is 0 Å². The fourth-order valence-corrected chi connectivity index (χ4v) is 2.38. The predicted molar refractivity (Wildman–Crippen MR) is 74.5 cm³/mol. The van der Waals surface area contributed by atoms with Crippen LogP contribution in [0.1, 0.15) is 30.1 Å². The smallest absolute Gasteiger partial charge is 0.337 e. The minimum Gasteiger partial charge on any atom is -0.478 e. The largest absolute Gasteiger partial charge is 0.478 e. The van der Waals surface area contributed by atoms with Crippen molar-refractivity contribution in [3.8, 4) is 0 Å². The average Bonchev–Trinajstić information content (AvgIpc) is 2.46. The average molecular weight is 263 g/mol. The Kier molecular flexibility index (Phi) is 4.74. The topological polar surface area (TPSA) is 65.5 Å². The van der Waals surface area contributed by atoms with Crippen molar-refractivity contribution in [2.75, 3.05) is 31.5 Å². The van der Waals surface area contributed by atoms with Crippen LogP contribution in [0.25, 0.3) is 0 Å². The number of hydrogen-bond acceptors (Lipinski definition) is 4. The first-order valence-corrected chi connectivity index (χ1v) is 6.84. The van der Waals surface area contributed by atoms with E-state index in [1.807, 2.05) is 0 Å². The predicted octanol–water partition coefficient (Wildman–Crippen LogP) is 1.92. The number of aromatic carboxylic acids is 1. The second-order valence-corrected chi connectivity index (χ2v) is 5.00. The highest BCUT2D eigenvalue weighted by molar-refractivity contribution is 5.87. The summed E-state index contributed by atoms with van der Waals surface area (Å²) in [5.74, 6) is 0.498. The van der Waals surface area contributed by atoms with Crippen LogP contribution in [0.5, 0.6) is 0 Å². The fourth-order valence-electron chi connectivity index (χ4n) is 2.38. The number of anilines is 1. The lowest BCUT2D eigenvalue weighted by Crippen LogP contribution is -2.35. The van der Waals surface area contributed by atoms with Gasteiger partial charge in [-0.2, -0.15) is 0 Å². The summed E-state index contributed by atoms with van der Waals surface area (Å²) in [6.07, 6.45) is 3.83. The van der Waals surface area contributed by atoms with Crippen LogP contribution in [0.2, 0.25) is 0 Å². The van der Waals surface area contributed by atoms with Crippen LogP contribution in [0.3, 0.4) is 0 Å². The van der Waals surface area contributed by atoms with Crippen molar-refractivity contribution in [2.45, 2.75) is 19.8 Å². The first kappa shape index (κ1) is 13.8. The molecule has 0 saturated carbocycles. The molecule has 5 nitrogen and oxygen atoms in total. The maximum absolute atomic E-state index is 10.7. The molecule has 1 aliphatic rings. The van der Waals surface area contributed by atoms with E-state index in [9.17, 15) is 4.79 Å². The Morgan fingerprint density at radius 1 is 1.47 bits per heavy atom. The zero-order valence-corrected chi connectivity index (χ0v) is 11.3. The molecule has 0 atom stereocenters. The summed E-state index contributed by atoms with van der Waals surface area (Å²) < 4.78 is 0. The number of carbonyl (C=O) groups is 1. The van der Waals surface area contributed by atoms with Gasteiger partial charge < -0.3 is 15.3 Å². The number of nitrogens with zero attached hydrogens (tertiary/aromatic N) is 2. The molecule has 0 bridgehead atoms. The lowest BCUT2D eigenvalue weighted by molar-refractivity contribution is 0.0696. The number of piperidine rings is 1. The van der Waals surface area contributed by atoms with E-state index in [2.05, 4.69) is 22.1 Å². The Balaban J connectivity index is 1.78. The van der Waals surface area contributed by atoms with Crippen molar-refractivity contribution in [1.82, 2.24) is 9.88 Å². The SMILES string of the molecule is CCN1CCC(CNc2ccc(C(=O)O)cn2)CC1. The van der Waals surface area contributed by atoms with Gasteiger partial charge in [0.05, 0.1) is 5.56 Å². The number of hydrogen-bond donors (Lipinski definition) is 2. The third-order valence-corrected chi connectivity index (χ3v) is 3.74. The van der Waals surface area contributed by atoms with E-state index in [0.29, 0.717) is 5.92 Å². The van der Waals surface area contributed by atoms with Gasteiger partial charge in [0.15, 0.2) is 0 Å². The number of nitrogens with one attached hydrogen (secondary N) is 1. The van der Waals surface area contributed by atoms with E-state index in [1.54, 1.807) is 12.1 Å². The number of rotatable bonds is 5. The van der Waals surface area contributed by atoms with Gasteiger partial charge >= 0.3 is 5.97 Å². The van der Waals surface area contributed by atoms with E-state index in [1.165, 1.54) is 32.1 Å². The van der Waals surface area contributed by atoms with Crippen molar-refractivity contribution in [1.29, 1.82) is 0 Å². The number of pyridine rings is 1. The van der Waals surface area contributed by atoms with Crippen LogP contribution in [-0.2, 0) is 0 Å². The molecule has 2 rings (SSSR count). The molecule has 2 heterocycles. The molecule has 19 heavy (non-hydrogen) atoms. The number of carboxylic acid groups (broad SMARTS) is 1. The maximum atomic E-state index is 10.7. The molecule has 1 aliphatic heterocycles. The monoisotopic (exact) mass is 263 g/mol. The van der Waals surface area contributed by atoms with Gasteiger partial charge in [0.25, 0.3) is 0 Å². The zero-order valence-electron chi connectivity index (χ0n) is 11.3. The Morgan fingerprint density at radius 3 is 2.74 bits per heavy atom. The molecular weight excluding hydrogens is 242 g/mol. The van der Waals surface area contributed by atoms with Crippen molar-refractivity contribution < 1.29 is 9.90 Å². The lowest BCUT2D eigenvalue weighted by atomic mass is 9.97. The first-order chi connectivity index (χ1) is 9.19. The molecule has 0 unspecified atom stereocenters. The van der Waals surface area contributed by atoms with E-state index >= 15 is 0 Å². The maximum Gasteiger partial charge on any atom is 0.337 e. The van der Waals surface area contributed by atoms with Crippen molar-refractivity contribution in [3.63, 3.8) is 0 Å². The number of aromatic nitrogens is 1. The standard InChI is InChI=1S/C14H21N3O2/c1-2-17-7-5-11(6-8-17)9-15-13-4-3-12(10-16-13)14(18)19/h3-4,10-11H,2,5-9H2,1H3,(H,15,16)(H,18,19). The van der Waals surface area contributed by atoms with Crippen LogP contribution in [0.15, 0.2) is 18.3 Å². The summed E-state index contributed by atoms with van der Waals surface area (Å²) in [5, 5.41) is 12.1. The Hall–Kier alpha value is -1.62. The number of likely N-dealkylation sites (tertiary alicyclic amines) is 1. The fraction of sp³-hybridized carbons (Fsp3) is 0.571. The normalized spacial score (nSPS) is 17.3. The minimum absolute atomic E-state index is 0.224. The van der Waals surface area contributed by atoms with Gasteiger partial charge in [0, 0.05) is 12.7 Å². The first-order valence-electron chi connectivity index (χ1n) is 6.84. The highest BCUT2D eigenvalue weighted by Crippen LogP contribution is 2.17.